The van der Waals surface area contributed by atoms with Crippen LogP contribution in [0.5, 0.6) is 0 Å². The summed E-state index contributed by atoms with van der Waals surface area (Å²) in [5.74, 6) is -0.392. The summed E-state index contributed by atoms with van der Waals surface area (Å²) in [6, 6.07) is 5.30. The molecule has 3 N–H and O–H groups in total. The van der Waals surface area contributed by atoms with Gasteiger partial charge in [0.15, 0.2) is 0 Å². The maximum Gasteiger partial charge on any atom is 0.319 e. The number of nitrogens with zero attached hydrogens (tertiary/aromatic N) is 1. The van der Waals surface area contributed by atoms with Crippen LogP contribution < -0.4 is 10.6 Å². The summed E-state index contributed by atoms with van der Waals surface area (Å²) in [5.41, 5.74) is 1.20. The van der Waals surface area contributed by atoms with Gasteiger partial charge in [0.2, 0.25) is 0 Å². The smallest absolute Gasteiger partial charge is 0.319 e. The molecular formula is C11H11FN4O. The number of anilines is 1. The van der Waals surface area contributed by atoms with Crippen LogP contribution in [0.15, 0.2) is 36.8 Å². The molecule has 2 amide bonds. The van der Waals surface area contributed by atoms with Gasteiger partial charge in [-0.1, -0.05) is 6.07 Å². The van der Waals surface area contributed by atoms with Crippen molar-refractivity contribution < 1.29 is 9.18 Å². The second-order valence-corrected chi connectivity index (χ2v) is 3.39. The monoisotopic (exact) mass is 234 g/mol. The van der Waals surface area contributed by atoms with Crippen molar-refractivity contribution in [3.8, 4) is 0 Å². The molecule has 0 bridgehead atoms. The first kappa shape index (κ1) is 11.1. The fourth-order valence-corrected chi connectivity index (χ4v) is 1.30. The standard InChI is InChI=1S/C11H11FN4O/c12-8-2-1-3-9(4-8)16-11(17)14-6-10-5-13-7-15-10/h1-5,7H,6H2,(H,13,15)(H2,14,16,17). The Balaban J connectivity index is 1.85. The number of rotatable bonds is 3. The first-order chi connectivity index (χ1) is 8.24. The van der Waals surface area contributed by atoms with E-state index in [1.165, 1.54) is 24.5 Å². The highest BCUT2D eigenvalue weighted by atomic mass is 19.1. The quantitative estimate of drug-likeness (QED) is 0.758. The van der Waals surface area contributed by atoms with Crippen LogP contribution in [-0.2, 0) is 6.54 Å². The van der Waals surface area contributed by atoms with Gasteiger partial charge in [-0.3, -0.25) is 0 Å². The van der Waals surface area contributed by atoms with Crippen LogP contribution in [0.1, 0.15) is 5.69 Å². The van der Waals surface area contributed by atoms with E-state index < -0.39 is 11.8 Å². The first-order valence-corrected chi connectivity index (χ1v) is 5.02. The summed E-state index contributed by atoms with van der Waals surface area (Å²) in [5, 5.41) is 5.13. The second-order valence-electron chi connectivity index (χ2n) is 3.39. The number of halogens is 1. The van der Waals surface area contributed by atoms with Gasteiger partial charge >= 0.3 is 6.03 Å². The zero-order chi connectivity index (χ0) is 12.1. The van der Waals surface area contributed by atoms with E-state index in [-0.39, 0.29) is 0 Å². The molecule has 0 spiro atoms. The molecule has 0 saturated carbocycles. The predicted octanol–water partition coefficient (Wildman–Crippen LogP) is 1.87. The molecule has 0 aliphatic heterocycles. The fraction of sp³-hybridized carbons (Fsp3) is 0.0909. The molecule has 6 heteroatoms. The van der Waals surface area contributed by atoms with E-state index in [9.17, 15) is 9.18 Å². The van der Waals surface area contributed by atoms with Crippen LogP contribution in [0.2, 0.25) is 0 Å². The summed E-state index contributed by atoms with van der Waals surface area (Å²) in [6.07, 6.45) is 3.14. The number of imidazole rings is 1. The minimum Gasteiger partial charge on any atom is -0.347 e. The van der Waals surface area contributed by atoms with Gasteiger partial charge in [-0.2, -0.15) is 0 Å². The normalized spacial score (nSPS) is 9.94. The fourth-order valence-electron chi connectivity index (χ4n) is 1.30. The van der Waals surface area contributed by atoms with Crippen molar-refractivity contribution in [1.82, 2.24) is 15.3 Å². The van der Waals surface area contributed by atoms with E-state index in [1.54, 1.807) is 12.3 Å². The van der Waals surface area contributed by atoms with Gasteiger partial charge in [-0.25, -0.2) is 14.2 Å². The van der Waals surface area contributed by atoms with Crippen LogP contribution in [-0.4, -0.2) is 16.0 Å². The second kappa shape index (κ2) is 5.11. The number of carbonyl (C=O) groups excluding carboxylic acids is 1. The van der Waals surface area contributed by atoms with Crippen molar-refractivity contribution in [2.24, 2.45) is 0 Å². The first-order valence-electron chi connectivity index (χ1n) is 5.02. The molecule has 2 rings (SSSR count). The van der Waals surface area contributed by atoms with Crippen LogP contribution >= 0.6 is 0 Å². The van der Waals surface area contributed by atoms with E-state index in [1.807, 2.05) is 0 Å². The summed E-state index contributed by atoms with van der Waals surface area (Å²) in [7, 11) is 0. The highest BCUT2D eigenvalue weighted by Gasteiger charge is 2.02. The molecule has 0 saturated heterocycles. The number of aromatic amines is 1. The summed E-state index contributed by atoms with van der Waals surface area (Å²) < 4.78 is 12.8. The van der Waals surface area contributed by atoms with Crippen LogP contribution in [0, 0.1) is 5.82 Å². The molecule has 0 atom stereocenters. The predicted molar refractivity (Wildman–Crippen MR) is 60.8 cm³/mol. The Labute approximate surface area is 97.1 Å². The van der Waals surface area contributed by atoms with Crippen molar-refractivity contribution in [2.75, 3.05) is 5.32 Å². The largest absolute Gasteiger partial charge is 0.347 e. The number of aromatic nitrogens is 2. The van der Waals surface area contributed by atoms with E-state index >= 15 is 0 Å². The van der Waals surface area contributed by atoms with Gasteiger partial charge in [-0.05, 0) is 18.2 Å². The van der Waals surface area contributed by atoms with Gasteiger partial charge in [-0.15, -0.1) is 0 Å². The molecule has 1 heterocycles. The van der Waals surface area contributed by atoms with E-state index in [4.69, 9.17) is 0 Å². The number of H-pyrrole nitrogens is 1. The van der Waals surface area contributed by atoms with Crippen molar-refractivity contribution in [1.29, 1.82) is 0 Å². The Kier molecular flexibility index (Phi) is 3.34. The van der Waals surface area contributed by atoms with E-state index in [2.05, 4.69) is 20.6 Å². The SMILES string of the molecule is O=C(NCc1cnc[nH]1)Nc1cccc(F)c1. The highest BCUT2D eigenvalue weighted by molar-refractivity contribution is 5.89. The average molecular weight is 234 g/mol. The third-order valence-corrected chi connectivity index (χ3v) is 2.08. The lowest BCUT2D eigenvalue weighted by Crippen LogP contribution is -2.28. The van der Waals surface area contributed by atoms with Gasteiger partial charge in [0.25, 0.3) is 0 Å². The van der Waals surface area contributed by atoms with Crippen molar-refractivity contribution >= 4 is 11.7 Å². The Hall–Kier alpha value is -2.37. The lowest BCUT2D eigenvalue weighted by molar-refractivity contribution is 0.251. The van der Waals surface area contributed by atoms with Crippen molar-refractivity contribution in [2.45, 2.75) is 6.54 Å². The molecule has 0 fully saturated rings. The molecule has 17 heavy (non-hydrogen) atoms. The molecule has 0 aliphatic carbocycles. The Morgan fingerprint density at radius 1 is 1.47 bits per heavy atom. The number of hydrogen-bond acceptors (Lipinski definition) is 2. The van der Waals surface area contributed by atoms with Crippen LogP contribution in [0.25, 0.3) is 0 Å². The maximum absolute atomic E-state index is 12.8. The third kappa shape index (κ3) is 3.30. The number of hydrogen-bond donors (Lipinski definition) is 3. The van der Waals surface area contributed by atoms with Crippen molar-refractivity contribution in [3.05, 3.63) is 48.3 Å². The molecule has 2 aromatic rings. The Morgan fingerprint density at radius 3 is 3.06 bits per heavy atom. The zero-order valence-electron chi connectivity index (χ0n) is 8.90. The van der Waals surface area contributed by atoms with E-state index in [0.29, 0.717) is 12.2 Å². The molecule has 88 valence electrons. The summed E-state index contributed by atoms with van der Waals surface area (Å²) in [6.45, 7) is 0.334. The van der Waals surface area contributed by atoms with Gasteiger partial charge in [0, 0.05) is 11.9 Å². The molecule has 1 aromatic carbocycles. The lowest BCUT2D eigenvalue weighted by atomic mass is 10.3. The van der Waals surface area contributed by atoms with E-state index in [0.717, 1.165) is 5.69 Å². The van der Waals surface area contributed by atoms with Crippen LogP contribution in [0.3, 0.4) is 0 Å². The topological polar surface area (TPSA) is 69.8 Å². The maximum atomic E-state index is 12.8. The minimum atomic E-state index is -0.398. The lowest BCUT2D eigenvalue weighted by Gasteiger charge is -2.06. The summed E-state index contributed by atoms with van der Waals surface area (Å²) >= 11 is 0. The Morgan fingerprint density at radius 2 is 2.35 bits per heavy atom. The zero-order valence-corrected chi connectivity index (χ0v) is 8.90. The molecule has 0 radical (unpaired) electrons. The molecular weight excluding hydrogens is 223 g/mol. The van der Waals surface area contributed by atoms with Gasteiger partial charge in [0.05, 0.1) is 18.6 Å². The minimum absolute atomic E-state index is 0.334. The highest BCUT2D eigenvalue weighted by Crippen LogP contribution is 2.08. The van der Waals surface area contributed by atoms with Crippen LogP contribution in [0.4, 0.5) is 14.9 Å². The molecule has 0 aliphatic rings. The number of urea groups is 1. The number of nitrogens with one attached hydrogen (secondary N) is 3. The van der Waals surface area contributed by atoms with Gasteiger partial charge in [0.1, 0.15) is 5.82 Å². The molecule has 0 unspecified atom stereocenters. The summed E-state index contributed by atoms with van der Waals surface area (Å²) in [4.78, 5) is 18.1. The average Bonchev–Trinajstić information content (AvgIpc) is 2.79. The van der Waals surface area contributed by atoms with Crippen molar-refractivity contribution in [3.63, 3.8) is 0 Å². The Bertz CT molecular complexity index is 498. The third-order valence-electron chi connectivity index (χ3n) is 2.08. The van der Waals surface area contributed by atoms with Gasteiger partial charge < -0.3 is 15.6 Å². The molecule has 1 aromatic heterocycles. The molecule has 5 nitrogen and oxygen atoms in total. The number of carbonyl (C=O) groups is 1. The number of amides is 2. The number of benzene rings is 1.